The molecule has 0 radical (unpaired) electrons. The quantitative estimate of drug-likeness (QED) is 0.0598. The van der Waals surface area contributed by atoms with E-state index in [9.17, 15) is 14.4 Å². The van der Waals surface area contributed by atoms with Gasteiger partial charge in [0.15, 0.2) is 0 Å². The van der Waals surface area contributed by atoms with E-state index in [1.807, 2.05) is 58.9 Å². The number of unbranched alkanes of at least 4 members (excludes halogenated alkanes) is 1. The van der Waals surface area contributed by atoms with Gasteiger partial charge < -0.3 is 34.9 Å². The number of ether oxygens (including phenoxy) is 4. The molecule has 14 nitrogen and oxygen atoms in total. The lowest BCUT2D eigenvalue weighted by molar-refractivity contribution is -0.497. The zero-order valence-electron chi connectivity index (χ0n) is 30.7. The van der Waals surface area contributed by atoms with Gasteiger partial charge in [-0.05, 0) is 60.4 Å². The molecule has 1 aliphatic heterocycles. The summed E-state index contributed by atoms with van der Waals surface area (Å²) in [7, 11) is 1.54. The van der Waals surface area contributed by atoms with E-state index in [4.69, 9.17) is 35.1 Å². The van der Waals surface area contributed by atoms with Crippen LogP contribution >= 0.6 is 0 Å². The van der Waals surface area contributed by atoms with Crippen molar-refractivity contribution in [1.82, 2.24) is 10.7 Å². The van der Waals surface area contributed by atoms with Gasteiger partial charge >= 0.3 is 5.97 Å². The van der Waals surface area contributed by atoms with Gasteiger partial charge in [0.05, 0.1) is 36.4 Å². The molecule has 2 aromatic carbocycles. The average Bonchev–Trinajstić information content (AvgIpc) is 3.08. The van der Waals surface area contributed by atoms with E-state index in [0.717, 1.165) is 12.8 Å². The van der Waals surface area contributed by atoms with Gasteiger partial charge in [-0.1, -0.05) is 65.3 Å². The number of carbonyl (C=O) groups excluding carboxylic acids is 3. The first-order chi connectivity index (χ1) is 24.2. The Morgan fingerprint density at radius 2 is 1.82 bits per heavy atom. The highest BCUT2D eigenvalue weighted by molar-refractivity contribution is 5.95. The second-order valence-electron chi connectivity index (χ2n) is 14.1. The molecule has 5 N–H and O–H groups in total. The zero-order chi connectivity index (χ0) is 37.6. The average molecular weight is 717 g/mol. The topological polar surface area (TPSA) is 182 Å². The Morgan fingerprint density at radius 3 is 2.47 bits per heavy atom. The van der Waals surface area contributed by atoms with Crippen molar-refractivity contribution in [3.05, 3.63) is 59.7 Å². The van der Waals surface area contributed by atoms with Crippen molar-refractivity contribution in [1.29, 1.82) is 0 Å². The molecule has 0 aromatic heterocycles. The Labute approximate surface area is 301 Å². The van der Waals surface area contributed by atoms with Gasteiger partial charge in [-0.3, -0.25) is 20.0 Å². The maximum Gasteiger partial charge on any atom is 0.338 e. The number of benzene rings is 2. The fourth-order valence-electron chi connectivity index (χ4n) is 6.07. The molecule has 1 heterocycles. The number of fused-ring (bicyclic) bond motifs is 1. The van der Waals surface area contributed by atoms with Crippen molar-refractivity contribution < 1.29 is 48.6 Å². The Hall–Kier alpha value is -3.63. The van der Waals surface area contributed by atoms with Crippen molar-refractivity contribution in [2.24, 2.45) is 23.0 Å². The van der Waals surface area contributed by atoms with Gasteiger partial charge in [-0.2, -0.15) is 0 Å². The monoisotopic (exact) mass is 716 g/mol. The normalized spacial score (nSPS) is 16.3. The Bertz CT molecular complexity index is 1390. The summed E-state index contributed by atoms with van der Waals surface area (Å²) in [4.78, 5) is 47.1. The number of nitrogens with zero attached hydrogens (tertiary/aromatic N) is 2. The number of nitrogens with two attached hydrogens (primary N) is 1. The summed E-state index contributed by atoms with van der Waals surface area (Å²) in [6.07, 6.45) is 1.22. The maximum absolute atomic E-state index is 13.9. The zero-order valence-corrected chi connectivity index (χ0v) is 30.7. The highest BCUT2D eigenvalue weighted by Crippen LogP contribution is 2.37. The number of rotatable bonds is 21. The van der Waals surface area contributed by atoms with Crippen molar-refractivity contribution in [2.45, 2.75) is 91.6 Å². The lowest BCUT2D eigenvalue weighted by atomic mass is 9.78. The van der Waals surface area contributed by atoms with Gasteiger partial charge in [-0.15, -0.1) is 0 Å². The number of nitrogens with one attached hydrogen (secondary N) is 1. The van der Waals surface area contributed by atoms with E-state index >= 15 is 0 Å². The predicted octanol–water partition coefficient (Wildman–Crippen LogP) is 4.85. The van der Waals surface area contributed by atoms with E-state index in [-0.39, 0.29) is 67.6 Å². The maximum atomic E-state index is 13.9. The molecule has 0 bridgehead atoms. The summed E-state index contributed by atoms with van der Waals surface area (Å²) in [6.45, 7) is 10.9. The van der Waals surface area contributed by atoms with Crippen LogP contribution in [-0.4, -0.2) is 85.4 Å². The Balaban J connectivity index is 1.79. The molecule has 0 saturated carbocycles. The van der Waals surface area contributed by atoms with E-state index in [1.165, 1.54) is 19.2 Å². The summed E-state index contributed by atoms with van der Waals surface area (Å²) in [5.74, 6) is -0.805. The van der Waals surface area contributed by atoms with Crippen LogP contribution < -0.4 is 20.7 Å². The Kier molecular flexibility index (Phi) is 16.7. The minimum atomic E-state index is -0.844. The van der Waals surface area contributed by atoms with Crippen molar-refractivity contribution in [2.75, 3.05) is 38.5 Å². The lowest BCUT2D eigenvalue weighted by Gasteiger charge is -2.38. The van der Waals surface area contributed by atoms with Gasteiger partial charge in [0, 0.05) is 32.0 Å². The van der Waals surface area contributed by atoms with Crippen LogP contribution in [0.5, 0.6) is 5.75 Å². The number of methoxy groups -OCH3 is 1. The minimum Gasteiger partial charge on any atom is -0.484 e. The largest absolute Gasteiger partial charge is 0.484 e. The number of amides is 2. The first-order valence-corrected chi connectivity index (χ1v) is 17.5. The number of hydrogen-bond donors (Lipinski definition) is 4. The van der Waals surface area contributed by atoms with E-state index < -0.39 is 29.4 Å². The summed E-state index contributed by atoms with van der Waals surface area (Å²) in [6, 6.07) is 12.9. The van der Waals surface area contributed by atoms with Crippen molar-refractivity contribution in [3.8, 4) is 5.75 Å². The first kappa shape index (κ1) is 41.8. The molecule has 0 fully saturated rings. The fraction of sp³-hybridized carbons (Fsp3) is 0.595. The number of esters is 1. The third kappa shape index (κ3) is 13.5. The SMILES string of the molecule is CCCCNC(=O)[C@@H](C[C@H](OC(=O)c1ccc(CON(O)O)cc1)C(N)CC(C)(C)CC(=O)N1C[C@H](COCOC)Oc2ccccc21)C(C)C. The van der Waals surface area contributed by atoms with Crippen LogP contribution in [0.25, 0.3) is 0 Å². The van der Waals surface area contributed by atoms with Crippen LogP contribution in [0, 0.1) is 17.3 Å². The fourth-order valence-corrected chi connectivity index (χ4v) is 6.07. The molecule has 4 atom stereocenters. The summed E-state index contributed by atoms with van der Waals surface area (Å²) in [5.41, 5.74) is 7.75. The summed E-state index contributed by atoms with van der Waals surface area (Å²) >= 11 is 0. The smallest absolute Gasteiger partial charge is 0.338 e. The number of hydrogen-bond acceptors (Lipinski definition) is 12. The van der Waals surface area contributed by atoms with Crippen LogP contribution in [0.1, 0.15) is 82.6 Å². The number of carbonyl (C=O) groups is 3. The standard InChI is InChI=1S/C37H56N4O10/c1-7-8-17-39-35(43)29(25(2)3)18-33(51-36(44)27-15-13-26(14-16-27)22-49-41(45)46)30(38)19-37(4,5)20-34(42)40-21-28(23-48-24-47-6)50-32-12-10-9-11-31(32)40/h9-16,25,28-30,33,45-46H,7-8,17-24,38H2,1-6H3,(H,39,43)/t28-,29+,30?,33+/m1/s1. The van der Waals surface area contributed by atoms with E-state index in [2.05, 4.69) is 10.2 Å². The van der Waals surface area contributed by atoms with Crippen LogP contribution in [0.3, 0.4) is 0 Å². The molecule has 14 heteroatoms. The van der Waals surface area contributed by atoms with Crippen LogP contribution in [-0.2, 0) is 35.2 Å². The van der Waals surface area contributed by atoms with Crippen LogP contribution in [0.2, 0.25) is 0 Å². The number of anilines is 1. The molecule has 3 rings (SSSR count). The van der Waals surface area contributed by atoms with Crippen LogP contribution in [0.4, 0.5) is 5.69 Å². The highest BCUT2D eigenvalue weighted by atomic mass is 17.1. The third-order valence-corrected chi connectivity index (χ3v) is 8.79. The highest BCUT2D eigenvalue weighted by Gasteiger charge is 2.37. The van der Waals surface area contributed by atoms with Gasteiger partial charge in [-0.25, -0.2) is 9.63 Å². The molecule has 2 amide bonds. The van der Waals surface area contributed by atoms with Crippen LogP contribution in [0.15, 0.2) is 48.5 Å². The number of para-hydroxylation sites is 2. The van der Waals surface area contributed by atoms with E-state index in [0.29, 0.717) is 36.5 Å². The van der Waals surface area contributed by atoms with E-state index in [1.54, 1.807) is 17.0 Å². The summed E-state index contributed by atoms with van der Waals surface area (Å²) in [5, 5.41) is 20.3. The molecule has 1 unspecified atom stereocenters. The molecule has 0 aliphatic carbocycles. The molecule has 1 aliphatic rings. The second-order valence-corrected chi connectivity index (χ2v) is 14.1. The molecule has 2 aromatic rings. The first-order valence-electron chi connectivity index (χ1n) is 17.5. The summed E-state index contributed by atoms with van der Waals surface area (Å²) < 4.78 is 22.7. The van der Waals surface area contributed by atoms with Crippen molar-refractivity contribution in [3.63, 3.8) is 0 Å². The van der Waals surface area contributed by atoms with Gasteiger partial charge in [0.25, 0.3) is 0 Å². The van der Waals surface area contributed by atoms with Crippen molar-refractivity contribution >= 4 is 23.5 Å². The molecule has 0 saturated heterocycles. The molecular weight excluding hydrogens is 660 g/mol. The molecule has 284 valence electrons. The second kappa shape index (κ2) is 20.4. The van der Waals surface area contributed by atoms with Gasteiger partial charge in [0.1, 0.15) is 24.8 Å². The van der Waals surface area contributed by atoms with Gasteiger partial charge in [0.2, 0.25) is 11.8 Å². The molecule has 0 spiro atoms. The third-order valence-electron chi connectivity index (χ3n) is 8.79. The minimum absolute atomic E-state index is 0.0614. The predicted molar refractivity (Wildman–Crippen MR) is 189 cm³/mol. The molecule has 51 heavy (non-hydrogen) atoms. The molecular formula is C37H56N4O10. The Morgan fingerprint density at radius 1 is 1.12 bits per heavy atom. The lowest BCUT2D eigenvalue weighted by Crippen LogP contribution is -2.48.